The molecular weight excluding hydrogens is 286 g/mol. The van der Waals surface area contributed by atoms with E-state index in [-0.39, 0.29) is 6.61 Å². The number of nitrogens with zero attached hydrogens (tertiary/aromatic N) is 2. The van der Waals surface area contributed by atoms with E-state index in [1.54, 1.807) is 0 Å². The van der Waals surface area contributed by atoms with Crippen LogP contribution in [0.15, 0.2) is 24.3 Å². The number of aryl methyl sites for hydroxylation is 1. The number of nitrogens with one attached hydrogen (secondary N) is 1. The first-order chi connectivity index (χ1) is 10.1. The molecule has 2 rings (SSSR count). The van der Waals surface area contributed by atoms with Crippen molar-refractivity contribution in [2.75, 3.05) is 13.2 Å². The molecule has 114 valence electrons. The molecule has 5 heteroatoms. The van der Waals surface area contributed by atoms with Crippen molar-refractivity contribution in [3.8, 4) is 0 Å². The molecule has 1 aromatic carbocycles. The van der Waals surface area contributed by atoms with Gasteiger partial charge in [-0.2, -0.15) is 5.10 Å². The minimum absolute atomic E-state index is 0.116. The highest BCUT2D eigenvalue weighted by Crippen LogP contribution is 2.13. The zero-order valence-corrected chi connectivity index (χ0v) is 13.3. The summed E-state index contributed by atoms with van der Waals surface area (Å²) in [6.45, 7) is 6.44. The molecule has 0 bridgehead atoms. The number of aliphatic hydroxyl groups excluding tert-OH is 1. The highest BCUT2D eigenvalue weighted by Gasteiger charge is 2.10. The van der Waals surface area contributed by atoms with Gasteiger partial charge in [-0.15, -0.1) is 0 Å². The zero-order valence-electron chi connectivity index (χ0n) is 12.6. The zero-order chi connectivity index (χ0) is 15.2. The Kier molecular flexibility index (Phi) is 5.79. The van der Waals surface area contributed by atoms with E-state index in [1.165, 1.54) is 11.1 Å². The molecule has 0 saturated heterocycles. The van der Waals surface area contributed by atoms with Crippen LogP contribution in [0.5, 0.6) is 0 Å². The summed E-state index contributed by atoms with van der Waals surface area (Å²) < 4.78 is 1.87. The van der Waals surface area contributed by atoms with Gasteiger partial charge < -0.3 is 10.4 Å². The lowest BCUT2D eigenvalue weighted by atomic mass is 10.1. The van der Waals surface area contributed by atoms with Gasteiger partial charge in [0.05, 0.1) is 18.8 Å². The second-order valence-corrected chi connectivity index (χ2v) is 5.59. The smallest absolute Gasteiger partial charge is 0.0644 e. The summed E-state index contributed by atoms with van der Waals surface area (Å²) in [4.78, 5) is 0. The summed E-state index contributed by atoms with van der Waals surface area (Å²) in [5.41, 5.74) is 4.65. The Labute approximate surface area is 130 Å². The molecule has 2 N–H and O–H groups in total. The highest BCUT2D eigenvalue weighted by atomic mass is 35.5. The van der Waals surface area contributed by atoms with Gasteiger partial charge in [0.15, 0.2) is 0 Å². The third-order valence-corrected chi connectivity index (χ3v) is 3.90. The van der Waals surface area contributed by atoms with Gasteiger partial charge in [0.2, 0.25) is 0 Å². The average Bonchev–Trinajstić information content (AvgIpc) is 2.73. The maximum absolute atomic E-state index is 9.02. The van der Waals surface area contributed by atoms with Crippen LogP contribution in [-0.4, -0.2) is 28.0 Å². The van der Waals surface area contributed by atoms with E-state index in [0.29, 0.717) is 6.54 Å². The van der Waals surface area contributed by atoms with Gasteiger partial charge in [-0.05, 0) is 44.5 Å². The summed E-state index contributed by atoms with van der Waals surface area (Å²) in [6.07, 6.45) is 0.972. The summed E-state index contributed by atoms with van der Waals surface area (Å²) in [5, 5.41) is 17.7. The molecule has 0 fully saturated rings. The van der Waals surface area contributed by atoms with Crippen LogP contribution in [0.4, 0.5) is 0 Å². The fourth-order valence-corrected chi connectivity index (χ4v) is 2.53. The topological polar surface area (TPSA) is 50.1 Å². The van der Waals surface area contributed by atoms with Crippen LogP contribution in [0.2, 0.25) is 5.02 Å². The van der Waals surface area contributed by atoms with E-state index < -0.39 is 0 Å². The lowest BCUT2D eigenvalue weighted by Crippen LogP contribution is -2.17. The number of benzene rings is 1. The number of hydrogen-bond donors (Lipinski definition) is 2. The monoisotopic (exact) mass is 307 g/mol. The molecule has 0 radical (unpaired) electrons. The molecule has 1 aromatic heterocycles. The second kappa shape index (κ2) is 7.59. The van der Waals surface area contributed by atoms with Crippen molar-refractivity contribution >= 4 is 11.6 Å². The van der Waals surface area contributed by atoms with E-state index in [4.69, 9.17) is 16.7 Å². The lowest BCUT2D eigenvalue weighted by Gasteiger charge is -2.06. The van der Waals surface area contributed by atoms with Crippen molar-refractivity contribution in [1.29, 1.82) is 0 Å². The molecule has 21 heavy (non-hydrogen) atoms. The molecule has 0 atom stereocenters. The van der Waals surface area contributed by atoms with Gasteiger partial charge in [0, 0.05) is 22.8 Å². The summed E-state index contributed by atoms with van der Waals surface area (Å²) in [6, 6.07) is 7.95. The number of hydrogen-bond acceptors (Lipinski definition) is 3. The Morgan fingerprint density at radius 3 is 2.62 bits per heavy atom. The summed E-state index contributed by atoms with van der Waals surface area (Å²) in [5.74, 6) is 0. The van der Waals surface area contributed by atoms with Gasteiger partial charge in [-0.3, -0.25) is 4.68 Å². The molecule has 0 spiro atoms. The van der Waals surface area contributed by atoms with Gasteiger partial charge in [0.1, 0.15) is 0 Å². The first kappa shape index (κ1) is 16.0. The Balaban J connectivity index is 1.84. The third kappa shape index (κ3) is 4.30. The Hall–Kier alpha value is -1.36. The van der Waals surface area contributed by atoms with Crippen LogP contribution in [-0.2, 0) is 19.5 Å². The van der Waals surface area contributed by atoms with Crippen molar-refractivity contribution in [2.45, 2.75) is 33.4 Å². The van der Waals surface area contributed by atoms with E-state index >= 15 is 0 Å². The van der Waals surface area contributed by atoms with Crippen LogP contribution in [0, 0.1) is 13.8 Å². The molecule has 0 aliphatic carbocycles. The summed E-state index contributed by atoms with van der Waals surface area (Å²) >= 11 is 5.87. The maximum atomic E-state index is 9.02. The molecule has 0 amide bonds. The minimum Gasteiger partial charge on any atom is -0.394 e. The standard InChI is InChI=1S/C16H22ClN3O/c1-12-16(13(2)20(19-12)9-10-21)11-18-8-7-14-3-5-15(17)6-4-14/h3-6,18,21H,7-11H2,1-2H3. The van der Waals surface area contributed by atoms with Gasteiger partial charge >= 0.3 is 0 Å². The fraction of sp³-hybridized carbons (Fsp3) is 0.438. The van der Waals surface area contributed by atoms with Crippen LogP contribution in [0.25, 0.3) is 0 Å². The van der Waals surface area contributed by atoms with E-state index in [9.17, 15) is 0 Å². The van der Waals surface area contributed by atoms with Crippen molar-refractivity contribution < 1.29 is 5.11 Å². The molecule has 0 aliphatic heterocycles. The highest BCUT2D eigenvalue weighted by molar-refractivity contribution is 6.30. The molecule has 1 heterocycles. The predicted molar refractivity (Wildman–Crippen MR) is 85.6 cm³/mol. The molecule has 0 aliphatic rings. The second-order valence-electron chi connectivity index (χ2n) is 5.15. The van der Waals surface area contributed by atoms with E-state index in [1.807, 2.05) is 30.7 Å². The lowest BCUT2D eigenvalue weighted by molar-refractivity contribution is 0.267. The summed E-state index contributed by atoms with van der Waals surface area (Å²) in [7, 11) is 0. The minimum atomic E-state index is 0.116. The van der Waals surface area contributed by atoms with Crippen molar-refractivity contribution in [3.05, 3.63) is 51.8 Å². The molecule has 4 nitrogen and oxygen atoms in total. The quantitative estimate of drug-likeness (QED) is 0.773. The van der Waals surface area contributed by atoms with Gasteiger partial charge in [-0.1, -0.05) is 23.7 Å². The Bertz CT molecular complexity index is 578. The number of halogens is 1. The van der Waals surface area contributed by atoms with Crippen LogP contribution in [0.1, 0.15) is 22.5 Å². The number of aliphatic hydroxyl groups is 1. The van der Waals surface area contributed by atoms with Crippen LogP contribution < -0.4 is 5.32 Å². The normalized spacial score (nSPS) is 11.0. The van der Waals surface area contributed by atoms with Gasteiger partial charge in [-0.25, -0.2) is 0 Å². The molecule has 0 unspecified atom stereocenters. The molecular formula is C16H22ClN3O. The Morgan fingerprint density at radius 1 is 1.24 bits per heavy atom. The number of aromatic nitrogens is 2. The third-order valence-electron chi connectivity index (χ3n) is 3.65. The largest absolute Gasteiger partial charge is 0.394 e. The van der Waals surface area contributed by atoms with E-state index in [2.05, 4.69) is 22.5 Å². The van der Waals surface area contributed by atoms with Crippen LogP contribution in [0.3, 0.4) is 0 Å². The van der Waals surface area contributed by atoms with Gasteiger partial charge in [0.25, 0.3) is 0 Å². The number of rotatable bonds is 7. The molecule has 2 aromatic rings. The van der Waals surface area contributed by atoms with Crippen molar-refractivity contribution in [1.82, 2.24) is 15.1 Å². The van der Waals surface area contributed by atoms with Crippen molar-refractivity contribution in [2.24, 2.45) is 0 Å². The first-order valence-electron chi connectivity index (χ1n) is 7.20. The van der Waals surface area contributed by atoms with Crippen LogP contribution >= 0.6 is 11.6 Å². The molecule has 0 saturated carbocycles. The average molecular weight is 308 g/mol. The van der Waals surface area contributed by atoms with Crippen molar-refractivity contribution in [3.63, 3.8) is 0 Å². The predicted octanol–water partition coefficient (Wildman–Crippen LogP) is 2.48. The first-order valence-corrected chi connectivity index (χ1v) is 7.58. The SMILES string of the molecule is Cc1nn(CCO)c(C)c1CNCCc1ccc(Cl)cc1. The maximum Gasteiger partial charge on any atom is 0.0644 e. The fourth-order valence-electron chi connectivity index (χ4n) is 2.40. The van der Waals surface area contributed by atoms with E-state index in [0.717, 1.165) is 35.9 Å². The Morgan fingerprint density at radius 2 is 1.95 bits per heavy atom.